The van der Waals surface area contributed by atoms with Crippen LogP contribution < -0.4 is 0 Å². The van der Waals surface area contributed by atoms with Crippen molar-refractivity contribution in [3.63, 3.8) is 0 Å². The molecular formula is C27H39NO3Si. The summed E-state index contributed by atoms with van der Waals surface area (Å²) >= 11 is 0. The summed E-state index contributed by atoms with van der Waals surface area (Å²) < 4.78 is 11.8. The Bertz CT molecular complexity index is 829. The molecule has 0 aromatic heterocycles. The number of methoxy groups -OCH3 is 1. The SMILES string of the molecule is COC(=O)[C@]1(CO[Si](C)(C)C(C)(C)C)C[C@H](N(Cc2ccccc2)Cc2ccccc2)C1. The molecule has 1 aliphatic carbocycles. The van der Waals surface area contributed by atoms with Crippen molar-refractivity contribution in [3.8, 4) is 0 Å². The van der Waals surface area contributed by atoms with Crippen molar-refractivity contribution in [1.29, 1.82) is 0 Å². The van der Waals surface area contributed by atoms with Crippen LogP contribution in [0.4, 0.5) is 0 Å². The Morgan fingerprint density at radius 3 is 1.84 bits per heavy atom. The van der Waals surface area contributed by atoms with Crippen molar-refractivity contribution in [2.75, 3.05) is 13.7 Å². The number of nitrogens with zero attached hydrogens (tertiary/aromatic N) is 1. The highest BCUT2D eigenvalue weighted by molar-refractivity contribution is 6.74. The zero-order valence-corrected chi connectivity index (χ0v) is 21.6. The minimum Gasteiger partial charge on any atom is -0.469 e. The maximum atomic E-state index is 12.9. The molecule has 1 saturated carbocycles. The lowest BCUT2D eigenvalue weighted by Crippen LogP contribution is -2.58. The fourth-order valence-electron chi connectivity index (χ4n) is 4.15. The van der Waals surface area contributed by atoms with Crippen LogP contribution in [0, 0.1) is 5.41 Å². The normalized spacial score (nSPS) is 21.3. The minimum atomic E-state index is -1.95. The molecule has 0 aliphatic heterocycles. The third kappa shape index (κ3) is 5.69. The second-order valence-electron chi connectivity index (χ2n) is 10.8. The highest BCUT2D eigenvalue weighted by atomic mass is 28.4. The molecule has 0 saturated heterocycles. The van der Waals surface area contributed by atoms with Gasteiger partial charge in [-0.05, 0) is 42.1 Å². The molecule has 174 valence electrons. The summed E-state index contributed by atoms with van der Waals surface area (Å²) in [6, 6.07) is 21.4. The predicted octanol–water partition coefficient (Wildman–Crippen LogP) is 6.03. The summed E-state index contributed by atoms with van der Waals surface area (Å²) in [5.41, 5.74) is 2.04. The van der Waals surface area contributed by atoms with Gasteiger partial charge in [-0.3, -0.25) is 9.69 Å². The smallest absolute Gasteiger partial charge is 0.314 e. The molecule has 0 N–H and O–H groups in total. The highest BCUT2D eigenvalue weighted by Gasteiger charge is 2.54. The van der Waals surface area contributed by atoms with Gasteiger partial charge in [0.2, 0.25) is 0 Å². The van der Waals surface area contributed by atoms with Crippen LogP contribution in [0.5, 0.6) is 0 Å². The lowest BCUT2D eigenvalue weighted by molar-refractivity contribution is -0.168. The Morgan fingerprint density at radius 1 is 0.969 bits per heavy atom. The van der Waals surface area contributed by atoms with E-state index in [4.69, 9.17) is 9.16 Å². The van der Waals surface area contributed by atoms with Gasteiger partial charge in [0.05, 0.1) is 19.1 Å². The van der Waals surface area contributed by atoms with Gasteiger partial charge in [-0.1, -0.05) is 81.4 Å². The maximum absolute atomic E-state index is 12.9. The van der Waals surface area contributed by atoms with Crippen LogP contribution in [-0.2, 0) is 27.0 Å². The number of ether oxygens (including phenoxy) is 1. The maximum Gasteiger partial charge on any atom is 0.314 e. The van der Waals surface area contributed by atoms with E-state index in [9.17, 15) is 4.79 Å². The van der Waals surface area contributed by atoms with Gasteiger partial charge < -0.3 is 9.16 Å². The monoisotopic (exact) mass is 453 g/mol. The first kappa shape index (κ1) is 24.7. The van der Waals surface area contributed by atoms with Gasteiger partial charge in [0.25, 0.3) is 0 Å². The zero-order valence-electron chi connectivity index (χ0n) is 20.6. The third-order valence-corrected chi connectivity index (χ3v) is 11.8. The van der Waals surface area contributed by atoms with Crippen molar-refractivity contribution in [2.24, 2.45) is 5.41 Å². The van der Waals surface area contributed by atoms with E-state index in [2.05, 4.69) is 99.4 Å². The lowest BCUT2D eigenvalue weighted by Gasteiger charge is -2.51. The van der Waals surface area contributed by atoms with E-state index in [1.54, 1.807) is 0 Å². The third-order valence-electron chi connectivity index (χ3n) is 7.36. The van der Waals surface area contributed by atoms with Gasteiger partial charge in [0, 0.05) is 19.1 Å². The van der Waals surface area contributed by atoms with Crippen molar-refractivity contribution in [3.05, 3.63) is 71.8 Å². The first-order chi connectivity index (χ1) is 15.1. The van der Waals surface area contributed by atoms with Crippen molar-refractivity contribution < 1.29 is 14.0 Å². The molecule has 32 heavy (non-hydrogen) atoms. The number of carbonyl (C=O) groups excluding carboxylic acids is 1. The van der Waals surface area contributed by atoms with E-state index >= 15 is 0 Å². The lowest BCUT2D eigenvalue weighted by atomic mass is 9.65. The van der Waals surface area contributed by atoms with Gasteiger partial charge in [-0.2, -0.15) is 0 Å². The number of carbonyl (C=O) groups is 1. The second kappa shape index (κ2) is 9.90. The van der Waals surface area contributed by atoms with Crippen LogP contribution in [0.3, 0.4) is 0 Å². The van der Waals surface area contributed by atoms with E-state index in [0.29, 0.717) is 12.6 Å². The van der Waals surface area contributed by atoms with Crippen LogP contribution in [0.2, 0.25) is 18.1 Å². The Kier molecular flexibility index (Phi) is 7.64. The summed E-state index contributed by atoms with van der Waals surface area (Å²) in [6.07, 6.45) is 1.54. The average Bonchev–Trinajstić information content (AvgIpc) is 2.73. The van der Waals surface area contributed by atoms with Crippen molar-refractivity contribution >= 4 is 14.3 Å². The fraction of sp³-hybridized carbons (Fsp3) is 0.519. The molecule has 0 unspecified atom stereocenters. The van der Waals surface area contributed by atoms with Gasteiger partial charge in [0.1, 0.15) is 0 Å². The van der Waals surface area contributed by atoms with E-state index in [0.717, 1.165) is 25.9 Å². The van der Waals surface area contributed by atoms with Crippen LogP contribution >= 0.6 is 0 Å². The number of hydrogen-bond donors (Lipinski definition) is 0. The van der Waals surface area contributed by atoms with E-state index in [-0.39, 0.29) is 11.0 Å². The largest absolute Gasteiger partial charge is 0.469 e. The molecular weight excluding hydrogens is 414 g/mol. The van der Waals surface area contributed by atoms with Gasteiger partial charge in [0.15, 0.2) is 8.32 Å². The first-order valence-electron chi connectivity index (χ1n) is 11.6. The topological polar surface area (TPSA) is 38.8 Å². The Balaban J connectivity index is 1.75. The summed E-state index contributed by atoms with van der Waals surface area (Å²) in [6.45, 7) is 13.4. The quantitative estimate of drug-likeness (QED) is 0.343. The molecule has 0 bridgehead atoms. The molecule has 4 nitrogen and oxygen atoms in total. The Hall–Kier alpha value is -1.95. The standard InChI is InChI=1S/C27H39NO3Si/c1-26(2,3)32(5,6)31-21-27(25(29)30-4)17-24(18-27)28(19-22-13-9-7-10-14-22)20-23-15-11-8-12-16-23/h7-16,24H,17-21H2,1-6H3/t24-,27+. The molecule has 0 heterocycles. The molecule has 0 radical (unpaired) electrons. The molecule has 2 aromatic rings. The molecule has 5 heteroatoms. The molecule has 0 amide bonds. The molecule has 1 aliphatic rings. The van der Waals surface area contributed by atoms with Crippen LogP contribution in [0.25, 0.3) is 0 Å². The predicted molar refractivity (Wildman–Crippen MR) is 133 cm³/mol. The molecule has 2 aromatic carbocycles. The first-order valence-corrected chi connectivity index (χ1v) is 14.5. The van der Waals surface area contributed by atoms with Crippen LogP contribution in [0.1, 0.15) is 44.7 Å². The zero-order chi connectivity index (χ0) is 23.4. The molecule has 0 spiro atoms. The number of benzene rings is 2. The highest BCUT2D eigenvalue weighted by Crippen LogP contribution is 2.47. The van der Waals surface area contributed by atoms with Crippen LogP contribution in [-0.4, -0.2) is 38.9 Å². The molecule has 3 rings (SSSR count). The minimum absolute atomic E-state index is 0.111. The average molecular weight is 454 g/mol. The van der Waals surface area contributed by atoms with E-state index < -0.39 is 13.7 Å². The summed E-state index contributed by atoms with van der Waals surface area (Å²) in [5, 5.41) is 0.111. The van der Waals surface area contributed by atoms with Gasteiger partial charge in [-0.15, -0.1) is 0 Å². The number of hydrogen-bond acceptors (Lipinski definition) is 4. The fourth-order valence-corrected chi connectivity index (χ4v) is 5.22. The van der Waals surface area contributed by atoms with Gasteiger partial charge in [-0.25, -0.2) is 0 Å². The second-order valence-corrected chi connectivity index (χ2v) is 15.6. The van der Waals surface area contributed by atoms with Gasteiger partial charge >= 0.3 is 5.97 Å². The van der Waals surface area contributed by atoms with E-state index in [1.807, 2.05) is 0 Å². The molecule has 0 atom stereocenters. The van der Waals surface area contributed by atoms with Crippen molar-refractivity contribution in [1.82, 2.24) is 4.90 Å². The van der Waals surface area contributed by atoms with E-state index in [1.165, 1.54) is 18.2 Å². The number of esters is 1. The Labute approximate surface area is 195 Å². The summed E-state index contributed by atoms with van der Waals surface area (Å²) in [7, 11) is -0.453. The molecule has 1 fully saturated rings. The Morgan fingerprint density at radius 2 is 1.44 bits per heavy atom. The summed E-state index contributed by atoms with van der Waals surface area (Å²) in [4.78, 5) is 15.4. The van der Waals surface area contributed by atoms with Crippen LogP contribution in [0.15, 0.2) is 60.7 Å². The number of rotatable bonds is 9. The summed E-state index contributed by atoms with van der Waals surface area (Å²) in [5.74, 6) is -0.133. The van der Waals surface area contributed by atoms with Crippen molar-refractivity contribution in [2.45, 2.75) is 70.9 Å².